The summed E-state index contributed by atoms with van der Waals surface area (Å²) in [7, 11) is 0. The van der Waals surface area contributed by atoms with Crippen molar-refractivity contribution in [3.63, 3.8) is 0 Å². The van der Waals surface area contributed by atoms with Gasteiger partial charge in [0.25, 0.3) is 0 Å². The van der Waals surface area contributed by atoms with Gasteiger partial charge in [-0.3, -0.25) is 5.43 Å². The Morgan fingerprint density at radius 2 is 1.77 bits per heavy atom. The van der Waals surface area contributed by atoms with Gasteiger partial charge in [-0.1, -0.05) is 6.07 Å². The van der Waals surface area contributed by atoms with E-state index in [1.807, 2.05) is 37.5 Å². The number of hydrogen-bond donors (Lipinski definition) is 3. The Morgan fingerprint density at radius 3 is 2.23 bits per heavy atom. The third-order valence-electron chi connectivity index (χ3n) is 1.61. The minimum Gasteiger partial charge on any atom is -0.307 e. The van der Waals surface area contributed by atoms with Crippen LogP contribution < -0.4 is 16.6 Å². The maximum Gasteiger partial charge on any atom is 0.333 e. The second-order valence-electron chi connectivity index (χ2n) is 2.97. The van der Waals surface area contributed by atoms with Crippen LogP contribution in [-0.2, 0) is 0 Å². The number of hydrazine groups is 1. The molecule has 0 aromatic heterocycles. The van der Waals surface area contributed by atoms with Gasteiger partial charge < -0.3 is 5.32 Å². The summed E-state index contributed by atoms with van der Waals surface area (Å²) in [5.41, 5.74) is 4.96. The smallest absolute Gasteiger partial charge is 0.307 e. The fourth-order valence-corrected chi connectivity index (χ4v) is 1.21. The van der Waals surface area contributed by atoms with E-state index in [2.05, 4.69) is 5.32 Å². The lowest BCUT2D eigenvalue weighted by molar-refractivity contribution is 0.252. The van der Waals surface area contributed by atoms with Crippen LogP contribution in [0.5, 0.6) is 0 Å². The van der Waals surface area contributed by atoms with Gasteiger partial charge in [0.1, 0.15) is 0 Å². The van der Waals surface area contributed by atoms with Crippen molar-refractivity contribution < 1.29 is 4.79 Å². The first kappa shape index (κ1) is 9.54. The van der Waals surface area contributed by atoms with Crippen molar-refractivity contribution in [1.82, 2.24) is 5.43 Å². The Hall–Kier alpha value is -1.55. The van der Waals surface area contributed by atoms with E-state index < -0.39 is 6.03 Å². The largest absolute Gasteiger partial charge is 0.333 e. The zero-order valence-corrected chi connectivity index (χ0v) is 7.72. The van der Waals surface area contributed by atoms with Gasteiger partial charge in [0.15, 0.2) is 0 Å². The quantitative estimate of drug-likeness (QED) is 0.345. The molecule has 0 saturated carbocycles. The molecule has 1 aromatic carbocycles. The summed E-state index contributed by atoms with van der Waals surface area (Å²) in [6.07, 6.45) is 0. The van der Waals surface area contributed by atoms with E-state index in [9.17, 15) is 4.79 Å². The predicted molar refractivity (Wildman–Crippen MR) is 52.3 cm³/mol. The van der Waals surface area contributed by atoms with Crippen LogP contribution in [0.2, 0.25) is 0 Å². The highest BCUT2D eigenvalue weighted by Crippen LogP contribution is 2.13. The van der Waals surface area contributed by atoms with Gasteiger partial charge in [-0.05, 0) is 37.1 Å². The van der Waals surface area contributed by atoms with Gasteiger partial charge in [-0.15, -0.1) is 0 Å². The number of urea groups is 1. The van der Waals surface area contributed by atoms with Gasteiger partial charge in [-0.2, -0.15) is 0 Å². The summed E-state index contributed by atoms with van der Waals surface area (Å²) in [6.45, 7) is 3.94. The summed E-state index contributed by atoms with van der Waals surface area (Å²) in [6, 6.07) is 5.38. The summed E-state index contributed by atoms with van der Waals surface area (Å²) >= 11 is 0. The van der Waals surface area contributed by atoms with Crippen LogP contribution in [0.15, 0.2) is 18.2 Å². The van der Waals surface area contributed by atoms with Crippen LogP contribution in [0.25, 0.3) is 0 Å². The van der Waals surface area contributed by atoms with Crippen LogP contribution in [0.1, 0.15) is 11.1 Å². The topological polar surface area (TPSA) is 67.2 Å². The highest BCUT2D eigenvalue weighted by molar-refractivity contribution is 5.88. The number of anilines is 1. The molecule has 0 saturated heterocycles. The zero-order valence-electron chi connectivity index (χ0n) is 7.72. The molecule has 0 fully saturated rings. The number of carbonyl (C=O) groups is 1. The lowest BCUT2D eigenvalue weighted by Gasteiger charge is -2.06. The molecule has 70 valence electrons. The maximum atomic E-state index is 10.9. The van der Waals surface area contributed by atoms with Gasteiger partial charge in [0.05, 0.1) is 0 Å². The Kier molecular flexibility index (Phi) is 2.87. The van der Waals surface area contributed by atoms with Gasteiger partial charge in [0, 0.05) is 5.69 Å². The predicted octanol–water partition coefficient (Wildman–Crippen LogP) is 1.30. The SMILES string of the molecule is Cc1cc(C)cc(NC(=O)NN)c1. The molecule has 4 nitrogen and oxygen atoms in total. The van der Waals surface area contributed by atoms with Gasteiger partial charge in [0.2, 0.25) is 0 Å². The van der Waals surface area contributed by atoms with E-state index in [0.717, 1.165) is 16.8 Å². The first-order valence-corrected chi connectivity index (χ1v) is 3.97. The number of aryl methyl sites for hydroxylation is 2. The average Bonchev–Trinajstić information content (AvgIpc) is 2.02. The van der Waals surface area contributed by atoms with E-state index >= 15 is 0 Å². The fourth-order valence-electron chi connectivity index (χ4n) is 1.21. The zero-order chi connectivity index (χ0) is 9.84. The van der Waals surface area contributed by atoms with Gasteiger partial charge in [-0.25, -0.2) is 10.6 Å². The molecule has 0 aliphatic carbocycles. The van der Waals surface area contributed by atoms with E-state index in [4.69, 9.17) is 5.84 Å². The van der Waals surface area contributed by atoms with Crippen molar-refractivity contribution in [2.24, 2.45) is 5.84 Å². The fraction of sp³-hybridized carbons (Fsp3) is 0.222. The molecule has 4 N–H and O–H groups in total. The van der Waals surface area contributed by atoms with Crippen molar-refractivity contribution in [1.29, 1.82) is 0 Å². The van der Waals surface area contributed by atoms with Crippen molar-refractivity contribution in [2.75, 3.05) is 5.32 Å². The van der Waals surface area contributed by atoms with E-state index in [1.165, 1.54) is 0 Å². The summed E-state index contributed by atoms with van der Waals surface area (Å²) in [4.78, 5) is 10.9. The van der Waals surface area contributed by atoms with Crippen molar-refractivity contribution in [3.05, 3.63) is 29.3 Å². The molecule has 1 rings (SSSR count). The Labute approximate surface area is 77.1 Å². The van der Waals surface area contributed by atoms with Crippen LogP contribution in [0, 0.1) is 13.8 Å². The highest BCUT2D eigenvalue weighted by Gasteiger charge is 1.99. The van der Waals surface area contributed by atoms with Crippen molar-refractivity contribution in [2.45, 2.75) is 13.8 Å². The number of benzene rings is 1. The third kappa shape index (κ3) is 2.76. The molecular formula is C9H13N3O. The molecule has 0 radical (unpaired) electrons. The molecule has 0 atom stereocenters. The van der Waals surface area contributed by atoms with Crippen LogP contribution in [0.3, 0.4) is 0 Å². The van der Waals surface area contributed by atoms with Crippen molar-refractivity contribution >= 4 is 11.7 Å². The second kappa shape index (κ2) is 3.91. The van der Waals surface area contributed by atoms with Crippen molar-refractivity contribution in [3.8, 4) is 0 Å². The minimum absolute atomic E-state index is 0.412. The Morgan fingerprint density at radius 1 is 1.23 bits per heavy atom. The Bertz CT molecular complexity index is 302. The minimum atomic E-state index is -0.412. The molecule has 0 spiro atoms. The molecule has 0 bridgehead atoms. The standard InChI is InChI=1S/C9H13N3O/c1-6-3-7(2)5-8(4-6)11-9(13)12-10/h3-5H,10H2,1-2H3,(H2,11,12,13). The summed E-state index contributed by atoms with van der Waals surface area (Å²) in [5.74, 6) is 4.93. The van der Waals surface area contributed by atoms with Crippen LogP contribution in [-0.4, -0.2) is 6.03 Å². The number of hydrogen-bond acceptors (Lipinski definition) is 2. The first-order valence-electron chi connectivity index (χ1n) is 3.97. The molecule has 13 heavy (non-hydrogen) atoms. The molecule has 0 heterocycles. The second-order valence-corrected chi connectivity index (χ2v) is 2.97. The lowest BCUT2D eigenvalue weighted by Crippen LogP contribution is -2.34. The first-order chi connectivity index (χ1) is 6.11. The van der Waals surface area contributed by atoms with Crippen LogP contribution in [0.4, 0.5) is 10.5 Å². The molecule has 0 aliphatic rings. The molecular weight excluding hydrogens is 166 g/mol. The number of nitrogens with two attached hydrogens (primary N) is 1. The molecule has 2 amide bonds. The molecule has 1 aromatic rings. The number of nitrogens with one attached hydrogen (secondary N) is 2. The van der Waals surface area contributed by atoms with Gasteiger partial charge >= 0.3 is 6.03 Å². The summed E-state index contributed by atoms with van der Waals surface area (Å²) in [5, 5.41) is 2.60. The average molecular weight is 179 g/mol. The molecule has 0 aliphatic heterocycles. The molecule has 0 unspecified atom stereocenters. The molecule has 4 heteroatoms. The maximum absolute atomic E-state index is 10.9. The number of amides is 2. The third-order valence-corrected chi connectivity index (χ3v) is 1.61. The van der Waals surface area contributed by atoms with E-state index in [1.54, 1.807) is 0 Å². The lowest BCUT2D eigenvalue weighted by atomic mass is 10.1. The van der Waals surface area contributed by atoms with E-state index in [0.29, 0.717) is 0 Å². The van der Waals surface area contributed by atoms with Crippen LogP contribution >= 0.6 is 0 Å². The highest BCUT2D eigenvalue weighted by atomic mass is 16.2. The normalized spacial score (nSPS) is 9.46. The number of rotatable bonds is 1. The summed E-state index contributed by atoms with van der Waals surface area (Å²) < 4.78 is 0. The Balaban J connectivity index is 2.83. The monoisotopic (exact) mass is 179 g/mol. The number of carbonyl (C=O) groups excluding carboxylic acids is 1. The van der Waals surface area contributed by atoms with E-state index in [-0.39, 0.29) is 0 Å².